The first kappa shape index (κ1) is 16.0. The lowest BCUT2D eigenvalue weighted by atomic mass is 9.74. The monoisotopic (exact) mass is 292 g/mol. The van der Waals surface area contributed by atoms with Gasteiger partial charge in [-0.05, 0) is 57.5 Å². The standard InChI is InChI=1S/C17H25FN2O/c1-3-8-17(9-11-19-12-10-17)16(21)20(4-2)15-7-5-6-14(18)13-15/h5-7,13,19H,3-4,8-12H2,1-2H3. The number of halogens is 1. The van der Waals surface area contributed by atoms with Crippen LogP contribution in [0.1, 0.15) is 39.5 Å². The molecule has 21 heavy (non-hydrogen) atoms. The van der Waals surface area contributed by atoms with Gasteiger partial charge in [0.05, 0.1) is 5.41 Å². The van der Waals surface area contributed by atoms with Crippen molar-refractivity contribution < 1.29 is 9.18 Å². The van der Waals surface area contributed by atoms with Gasteiger partial charge in [0.15, 0.2) is 0 Å². The average Bonchev–Trinajstić information content (AvgIpc) is 2.49. The van der Waals surface area contributed by atoms with Gasteiger partial charge in [0, 0.05) is 12.2 Å². The molecule has 0 aromatic heterocycles. The van der Waals surface area contributed by atoms with E-state index in [1.165, 1.54) is 12.1 Å². The van der Waals surface area contributed by atoms with Crippen molar-refractivity contribution in [3.05, 3.63) is 30.1 Å². The van der Waals surface area contributed by atoms with E-state index in [0.29, 0.717) is 12.2 Å². The first-order chi connectivity index (χ1) is 10.1. The van der Waals surface area contributed by atoms with Crippen LogP contribution in [0, 0.1) is 11.2 Å². The van der Waals surface area contributed by atoms with Gasteiger partial charge in [0.25, 0.3) is 0 Å². The van der Waals surface area contributed by atoms with Gasteiger partial charge in [-0.25, -0.2) is 4.39 Å². The van der Waals surface area contributed by atoms with Gasteiger partial charge in [-0.15, -0.1) is 0 Å². The Morgan fingerprint density at radius 2 is 2.05 bits per heavy atom. The number of hydrogen-bond acceptors (Lipinski definition) is 2. The van der Waals surface area contributed by atoms with Crippen LogP contribution < -0.4 is 10.2 Å². The summed E-state index contributed by atoms with van der Waals surface area (Å²) < 4.78 is 13.5. The zero-order chi connectivity index (χ0) is 15.3. The third-order valence-electron chi connectivity index (χ3n) is 4.42. The molecule has 1 fully saturated rings. The van der Waals surface area contributed by atoms with Crippen molar-refractivity contribution in [1.82, 2.24) is 5.32 Å². The second-order valence-corrected chi connectivity index (χ2v) is 5.81. The maximum Gasteiger partial charge on any atom is 0.233 e. The van der Waals surface area contributed by atoms with Crippen LogP contribution in [0.25, 0.3) is 0 Å². The first-order valence-corrected chi connectivity index (χ1v) is 7.91. The van der Waals surface area contributed by atoms with E-state index >= 15 is 0 Å². The fourth-order valence-electron chi connectivity index (χ4n) is 3.33. The van der Waals surface area contributed by atoms with Crippen LogP contribution in [0.2, 0.25) is 0 Å². The molecule has 1 N–H and O–H groups in total. The molecule has 1 aliphatic rings. The van der Waals surface area contributed by atoms with Gasteiger partial charge in [-0.1, -0.05) is 19.4 Å². The van der Waals surface area contributed by atoms with E-state index < -0.39 is 0 Å². The molecule has 1 aromatic rings. The summed E-state index contributed by atoms with van der Waals surface area (Å²) in [5.41, 5.74) is 0.374. The van der Waals surface area contributed by atoms with Gasteiger partial charge in [0.2, 0.25) is 5.91 Å². The molecular formula is C17H25FN2O. The number of rotatable bonds is 5. The zero-order valence-corrected chi connectivity index (χ0v) is 13.0. The second kappa shape index (κ2) is 7.03. The molecule has 1 saturated heterocycles. The lowest BCUT2D eigenvalue weighted by Crippen LogP contribution is -2.49. The number of nitrogens with zero attached hydrogens (tertiary/aromatic N) is 1. The van der Waals surface area contributed by atoms with E-state index in [0.717, 1.165) is 38.8 Å². The van der Waals surface area contributed by atoms with Crippen LogP contribution in [0.4, 0.5) is 10.1 Å². The number of carbonyl (C=O) groups excluding carboxylic acids is 1. The van der Waals surface area contributed by atoms with E-state index in [4.69, 9.17) is 0 Å². The van der Waals surface area contributed by atoms with Gasteiger partial charge < -0.3 is 10.2 Å². The third kappa shape index (κ3) is 3.43. The van der Waals surface area contributed by atoms with E-state index in [-0.39, 0.29) is 17.1 Å². The largest absolute Gasteiger partial charge is 0.317 e. The summed E-state index contributed by atoms with van der Waals surface area (Å²) in [6.45, 7) is 6.40. The van der Waals surface area contributed by atoms with Crippen LogP contribution in [0.5, 0.6) is 0 Å². The molecule has 1 aromatic carbocycles. The van der Waals surface area contributed by atoms with Crippen LogP contribution in [0.15, 0.2) is 24.3 Å². The molecule has 0 spiro atoms. The van der Waals surface area contributed by atoms with Crippen molar-refractivity contribution >= 4 is 11.6 Å². The van der Waals surface area contributed by atoms with Gasteiger partial charge in [-0.3, -0.25) is 4.79 Å². The van der Waals surface area contributed by atoms with E-state index in [1.54, 1.807) is 11.0 Å². The molecule has 0 bridgehead atoms. The van der Waals surface area contributed by atoms with Crippen LogP contribution in [0.3, 0.4) is 0 Å². The Bertz CT molecular complexity index is 478. The summed E-state index contributed by atoms with van der Waals surface area (Å²) in [7, 11) is 0. The minimum absolute atomic E-state index is 0.152. The van der Waals surface area contributed by atoms with E-state index in [1.807, 2.05) is 13.0 Å². The topological polar surface area (TPSA) is 32.3 Å². The van der Waals surface area contributed by atoms with E-state index in [2.05, 4.69) is 12.2 Å². The molecular weight excluding hydrogens is 267 g/mol. The molecule has 0 aliphatic carbocycles. The number of anilines is 1. The number of hydrogen-bond donors (Lipinski definition) is 1. The molecule has 116 valence electrons. The third-order valence-corrected chi connectivity index (χ3v) is 4.42. The quantitative estimate of drug-likeness (QED) is 0.902. The maximum atomic E-state index is 13.5. The molecule has 1 heterocycles. The lowest BCUT2D eigenvalue weighted by Gasteiger charge is -2.40. The summed E-state index contributed by atoms with van der Waals surface area (Å²) in [6, 6.07) is 6.33. The number of piperidine rings is 1. The maximum absolute atomic E-state index is 13.5. The van der Waals surface area contributed by atoms with Gasteiger partial charge in [-0.2, -0.15) is 0 Å². The number of nitrogens with one attached hydrogen (secondary N) is 1. The molecule has 1 amide bonds. The van der Waals surface area contributed by atoms with Crippen LogP contribution in [-0.2, 0) is 4.79 Å². The van der Waals surface area contributed by atoms with Gasteiger partial charge in [0.1, 0.15) is 5.82 Å². The second-order valence-electron chi connectivity index (χ2n) is 5.81. The molecule has 4 heteroatoms. The number of amides is 1. The fraction of sp³-hybridized carbons (Fsp3) is 0.588. The molecule has 0 unspecified atom stereocenters. The minimum Gasteiger partial charge on any atom is -0.317 e. The Labute approximate surface area is 126 Å². The Kier molecular flexibility index (Phi) is 5.34. The predicted octanol–water partition coefficient (Wildman–Crippen LogP) is 3.35. The molecule has 1 aliphatic heterocycles. The first-order valence-electron chi connectivity index (χ1n) is 7.91. The summed E-state index contributed by atoms with van der Waals surface area (Å²) >= 11 is 0. The van der Waals surface area contributed by atoms with Crippen molar-refractivity contribution in [3.8, 4) is 0 Å². The number of carbonyl (C=O) groups is 1. The summed E-state index contributed by atoms with van der Waals surface area (Å²) in [5.74, 6) is -0.146. The van der Waals surface area contributed by atoms with Crippen molar-refractivity contribution in [3.63, 3.8) is 0 Å². The Balaban J connectivity index is 2.29. The summed E-state index contributed by atoms with van der Waals surface area (Å²) in [4.78, 5) is 14.9. The zero-order valence-electron chi connectivity index (χ0n) is 13.0. The van der Waals surface area contributed by atoms with E-state index in [9.17, 15) is 9.18 Å². The smallest absolute Gasteiger partial charge is 0.233 e. The van der Waals surface area contributed by atoms with Crippen molar-refractivity contribution in [2.24, 2.45) is 5.41 Å². The summed E-state index contributed by atoms with van der Waals surface area (Å²) in [6.07, 6.45) is 3.63. The van der Waals surface area contributed by atoms with Crippen LogP contribution in [-0.4, -0.2) is 25.5 Å². The highest BCUT2D eigenvalue weighted by Crippen LogP contribution is 2.37. The highest BCUT2D eigenvalue weighted by atomic mass is 19.1. The molecule has 0 atom stereocenters. The molecule has 3 nitrogen and oxygen atoms in total. The SMILES string of the molecule is CCCC1(C(=O)N(CC)c2cccc(F)c2)CCNCC1. The minimum atomic E-state index is -0.298. The van der Waals surface area contributed by atoms with Crippen molar-refractivity contribution in [2.45, 2.75) is 39.5 Å². The average molecular weight is 292 g/mol. The lowest BCUT2D eigenvalue weighted by molar-refractivity contribution is -0.130. The van der Waals surface area contributed by atoms with Crippen LogP contribution >= 0.6 is 0 Å². The molecule has 0 saturated carbocycles. The fourth-order valence-corrected chi connectivity index (χ4v) is 3.33. The highest BCUT2D eigenvalue weighted by molar-refractivity contribution is 5.97. The normalized spacial score (nSPS) is 17.5. The Morgan fingerprint density at radius 1 is 1.33 bits per heavy atom. The van der Waals surface area contributed by atoms with Gasteiger partial charge >= 0.3 is 0 Å². The molecule has 2 rings (SSSR count). The number of benzene rings is 1. The molecule has 0 radical (unpaired) electrons. The van der Waals surface area contributed by atoms with Crippen molar-refractivity contribution in [2.75, 3.05) is 24.5 Å². The Hall–Kier alpha value is -1.42. The van der Waals surface area contributed by atoms with Crippen molar-refractivity contribution in [1.29, 1.82) is 0 Å². The predicted molar refractivity (Wildman–Crippen MR) is 83.9 cm³/mol. The highest BCUT2D eigenvalue weighted by Gasteiger charge is 2.41. The summed E-state index contributed by atoms with van der Waals surface area (Å²) in [5, 5.41) is 3.33. The Morgan fingerprint density at radius 3 is 2.62 bits per heavy atom.